The lowest BCUT2D eigenvalue weighted by atomic mass is 9.85. The molecule has 3 aliphatic rings. The summed E-state index contributed by atoms with van der Waals surface area (Å²) in [6, 6.07) is 9.24. The van der Waals surface area contributed by atoms with Crippen LogP contribution in [0.3, 0.4) is 0 Å². The minimum absolute atomic E-state index is 0.0786. The molecule has 2 aliphatic heterocycles. The summed E-state index contributed by atoms with van der Waals surface area (Å²) >= 11 is 1.58. The number of amidine groups is 1. The number of thioether (sulfide) groups is 1. The fourth-order valence-corrected chi connectivity index (χ4v) is 6.09. The van der Waals surface area contributed by atoms with Crippen molar-refractivity contribution in [2.75, 3.05) is 19.8 Å². The standard InChI is InChI=1S/C26H36N4O4S/c1-18-16-30(17-19-8-4-2-5-9-19)26(35-18)29-28-25(33)23(31)22(20-12-14-34-15-13-20)27-24(32)21-10-6-3-7-11-21/h2,4-5,8-9,18,20-22H,3,6-7,10-17H2,1H3,(H,27,32)(H,28,33)/b29-26-/t18-,22-/m1/s1. The third-order valence-electron chi connectivity index (χ3n) is 7.04. The van der Waals surface area contributed by atoms with Crippen LogP contribution in [-0.2, 0) is 25.7 Å². The number of nitrogens with one attached hydrogen (secondary N) is 2. The number of benzene rings is 1. The van der Waals surface area contributed by atoms with Gasteiger partial charge in [0.15, 0.2) is 5.17 Å². The number of Topliss-reactive ketones (excluding diaryl/α,β-unsaturated/α-hetero) is 1. The van der Waals surface area contributed by atoms with Crippen LogP contribution in [0.25, 0.3) is 0 Å². The molecule has 2 atom stereocenters. The molecule has 1 aromatic carbocycles. The third-order valence-corrected chi connectivity index (χ3v) is 8.15. The van der Waals surface area contributed by atoms with Gasteiger partial charge in [-0.05, 0) is 37.2 Å². The van der Waals surface area contributed by atoms with E-state index in [0.717, 1.165) is 44.2 Å². The smallest absolute Gasteiger partial charge is 0.309 e. The molecule has 1 saturated carbocycles. The molecule has 8 nitrogen and oxygen atoms in total. The Kier molecular flexibility index (Phi) is 9.20. The second-order valence-corrected chi connectivity index (χ2v) is 11.2. The van der Waals surface area contributed by atoms with Gasteiger partial charge < -0.3 is 15.0 Å². The van der Waals surface area contributed by atoms with Crippen LogP contribution in [0.15, 0.2) is 35.4 Å². The first-order valence-electron chi connectivity index (χ1n) is 12.8. The first-order chi connectivity index (χ1) is 17.0. The van der Waals surface area contributed by atoms with Crippen molar-refractivity contribution in [2.24, 2.45) is 16.9 Å². The number of ketones is 1. The quantitative estimate of drug-likeness (QED) is 0.420. The van der Waals surface area contributed by atoms with Crippen molar-refractivity contribution in [3.63, 3.8) is 0 Å². The molecular weight excluding hydrogens is 464 g/mol. The van der Waals surface area contributed by atoms with E-state index in [4.69, 9.17) is 4.74 Å². The van der Waals surface area contributed by atoms with Crippen molar-refractivity contribution >= 4 is 34.5 Å². The highest BCUT2D eigenvalue weighted by Gasteiger charge is 2.36. The number of carbonyl (C=O) groups excluding carboxylic acids is 3. The van der Waals surface area contributed by atoms with E-state index in [2.05, 4.69) is 39.8 Å². The number of rotatable bonds is 8. The highest BCUT2D eigenvalue weighted by atomic mass is 32.2. The lowest BCUT2D eigenvalue weighted by molar-refractivity contribution is -0.142. The normalized spacial score (nSPS) is 23.7. The van der Waals surface area contributed by atoms with Crippen molar-refractivity contribution in [1.29, 1.82) is 0 Å². The van der Waals surface area contributed by atoms with E-state index in [1.165, 1.54) is 0 Å². The number of ether oxygens (including phenoxy) is 1. The van der Waals surface area contributed by atoms with Gasteiger partial charge in [-0.2, -0.15) is 0 Å². The Morgan fingerprint density at radius 1 is 1.09 bits per heavy atom. The van der Waals surface area contributed by atoms with Crippen molar-refractivity contribution in [3.05, 3.63) is 35.9 Å². The van der Waals surface area contributed by atoms with Gasteiger partial charge in [-0.3, -0.25) is 14.4 Å². The molecule has 0 unspecified atom stereocenters. The number of hydrogen-bond acceptors (Lipinski definition) is 6. The van der Waals surface area contributed by atoms with Gasteiger partial charge >= 0.3 is 5.91 Å². The predicted octanol–water partition coefficient (Wildman–Crippen LogP) is 3.07. The Hall–Kier alpha value is -2.39. The van der Waals surface area contributed by atoms with E-state index in [1.807, 2.05) is 18.2 Å². The van der Waals surface area contributed by atoms with Crippen molar-refractivity contribution in [3.8, 4) is 0 Å². The molecule has 190 valence electrons. The molecule has 2 N–H and O–H groups in total. The first-order valence-corrected chi connectivity index (χ1v) is 13.6. The molecular formula is C26H36N4O4S. The van der Waals surface area contributed by atoms with E-state index < -0.39 is 17.7 Å². The van der Waals surface area contributed by atoms with Crippen LogP contribution in [0.1, 0.15) is 57.4 Å². The second kappa shape index (κ2) is 12.5. The summed E-state index contributed by atoms with van der Waals surface area (Å²) in [4.78, 5) is 41.2. The predicted molar refractivity (Wildman–Crippen MR) is 137 cm³/mol. The molecule has 0 bridgehead atoms. The minimum atomic E-state index is -0.843. The second-order valence-electron chi connectivity index (χ2n) is 9.77. The molecule has 0 radical (unpaired) electrons. The van der Waals surface area contributed by atoms with Crippen LogP contribution < -0.4 is 10.7 Å². The largest absolute Gasteiger partial charge is 0.381 e. The van der Waals surface area contributed by atoms with Crippen LogP contribution in [0.2, 0.25) is 0 Å². The summed E-state index contributed by atoms with van der Waals surface area (Å²) in [5.74, 6) is -1.71. The van der Waals surface area contributed by atoms with Gasteiger partial charge in [0.25, 0.3) is 0 Å². The Bertz CT molecular complexity index is 913. The number of amides is 2. The summed E-state index contributed by atoms with van der Waals surface area (Å²) < 4.78 is 5.44. The Balaban J connectivity index is 1.41. The van der Waals surface area contributed by atoms with E-state index in [9.17, 15) is 14.4 Å². The van der Waals surface area contributed by atoms with E-state index in [-0.39, 0.29) is 17.7 Å². The number of hydrogen-bond donors (Lipinski definition) is 2. The summed E-state index contributed by atoms with van der Waals surface area (Å²) in [5.41, 5.74) is 3.64. The monoisotopic (exact) mass is 500 g/mol. The first kappa shape index (κ1) is 25.7. The molecule has 2 heterocycles. The molecule has 2 saturated heterocycles. The number of carbonyl (C=O) groups is 3. The molecule has 9 heteroatoms. The lowest BCUT2D eigenvalue weighted by Gasteiger charge is -2.31. The molecule has 3 fully saturated rings. The van der Waals surface area contributed by atoms with Gasteiger partial charge in [0.05, 0.1) is 0 Å². The number of nitrogens with zero attached hydrogens (tertiary/aromatic N) is 2. The maximum absolute atomic E-state index is 13.2. The zero-order chi connectivity index (χ0) is 24.6. The van der Waals surface area contributed by atoms with E-state index in [0.29, 0.717) is 43.0 Å². The summed E-state index contributed by atoms with van der Waals surface area (Å²) in [6.07, 6.45) is 6.17. The highest BCUT2D eigenvalue weighted by molar-refractivity contribution is 8.14. The molecule has 35 heavy (non-hydrogen) atoms. The summed E-state index contributed by atoms with van der Waals surface area (Å²) in [6.45, 7) is 4.66. The third kappa shape index (κ3) is 7.07. The van der Waals surface area contributed by atoms with Gasteiger partial charge in [0, 0.05) is 37.5 Å². The lowest BCUT2D eigenvalue weighted by Crippen LogP contribution is -2.53. The highest BCUT2D eigenvalue weighted by Crippen LogP contribution is 2.27. The van der Waals surface area contributed by atoms with Gasteiger partial charge in [-0.1, -0.05) is 68.3 Å². The van der Waals surface area contributed by atoms with Gasteiger partial charge in [-0.25, -0.2) is 5.43 Å². The van der Waals surface area contributed by atoms with Crippen molar-refractivity contribution < 1.29 is 19.1 Å². The van der Waals surface area contributed by atoms with Crippen LogP contribution >= 0.6 is 11.8 Å². The number of hydrazone groups is 1. The summed E-state index contributed by atoms with van der Waals surface area (Å²) in [5, 5.41) is 8.28. The Morgan fingerprint density at radius 2 is 1.80 bits per heavy atom. The molecule has 2 amide bonds. The van der Waals surface area contributed by atoms with Crippen LogP contribution in [0.5, 0.6) is 0 Å². The molecule has 1 aromatic rings. The maximum atomic E-state index is 13.2. The van der Waals surface area contributed by atoms with Crippen LogP contribution in [0, 0.1) is 11.8 Å². The Morgan fingerprint density at radius 3 is 2.51 bits per heavy atom. The SMILES string of the molecule is C[C@@H]1CN(Cc2ccccc2)/C(=N/NC(=O)C(=O)[C@H](NC(=O)C2CCCCC2)C2CCOCC2)S1. The fourth-order valence-electron chi connectivity index (χ4n) is 5.09. The van der Waals surface area contributed by atoms with Gasteiger partial charge in [-0.15, -0.1) is 5.10 Å². The molecule has 1 aliphatic carbocycles. The fraction of sp³-hybridized carbons (Fsp3) is 0.615. The van der Waals surface area contributed by atoms with Crippen LogP contribution in [0.4, 0.5) is 0 Å². The molecule has 0 aromatic heterocycles. The zero-order valence-corrected chi connectivity index (χ0v) is 21.2. The van der Waals surface area contributed by atoms with Crippen LogP contribution in [-0.4, -0.2) is 58.7 Å². The van der Waals surface area contributed by atoms with E-state index in [1.54, 1.807) is 11.8 Å². The van der Waals surface area contributed by atoms with Gasteiger partial charge in [0.2, 0.25) is 11.7 Å². The zero-order valence-electron chi connectivity index (χ0n) is 20.4. The minimum Gasteiger partial charge on any atom is -0.381 e. The maximum Gasteiger partial charge on any atom is 0.309 e. The van der Waals surface area contributed by atoms with E-state index >= 15 is 0 Å². The Labute approximate surface area is 211 Å². The van der Waals surface area contributed by atoms with Crippen molar-refractivity contribution in [1.82, 2.24) is 15.6 Å². The average Bonchev–Trinajstić information content (AvgIpc) is 3.25. The summed E-state index contributed by atoms with van der Waals surface area (Å²) in [7, 11) is 0. The average molecular weight is 501 g/mol. The van der Waals surface area contributed by atoms with Gasteiger partial charge in [0.1, 0.15) is 6.04 Å². The molecule has 0 spiro atoms. The topological polar surface area (TPSA) is 100 Å². The van der Waals surface area contributed by atoms with Crippen molar-refractivity contribution in [2.45, 2.75) is 69.7 Å². The molecule has 4 rings (SSSR count).